The summed E-state index contributed by atoms with van der Waals surface area (Å²) in [4.78, 5) is 11.9. The molecule has 5 nitrogen and oxygen atoms in total. The number of phenols is 1. The Morgan fingerprint density at radius 1 is 1.32 bits per heavy atom. The van der Waals surface area contributed by atoms with Crippen molar-refractivity contribution in [2.24, 2.45) is 0 Å². The molecule has 100 valence electrons. The van der Waals surface area contributed by atoms with Crippen molar-refractivity contribution in [2.75, 3.05) is 0 Å². The zero-order valence-corrected chi connectivity index (χ0v) is 9.75. The number of H-pyrrole nitrogens is 1. The van der Waals surface area contributed by atoms with Gasteiger partial charge in [0.2, 0.25) is 5.78 Å². The van der Waals surface area contributed by atoms with E-state index in [0.29, 0.717) is 0 Å². The van der Waals surface area contributed by atoms with Gasteiger partial charge in [-0.25, -0.2) is 0 Å². The molecular formula is C10H5ClF3N3O2. The number of phenolic OH excluding ortho intramolecular Hbond substituents is 1. The summed E-state index contributed by atoms with van der Waals surface area (Å²) in [5, 5.41) is 17.4. The lowest BCUT2D eigenvalue weighted by atomic mass is 10.1. The second kappa shape index (κ2) is 4.54. The Kier molecular flexibility index (Phi) is 3.19. The van der Waals surface area contributed by atoms with Crippen molar-refractivity contribution in [1.29, 1.82) is 0 Å². The monoisotopic (exact) mass is 291 g/mol. The van der Waals surface area contributed by atoms with Gasteiger partial charge in [-0.15, -0.1) is 0 Å². The fourth-order valence-electron chi connectivity index (χ4n) is 1.40. The van der Waals surface area contributed by atoms with Gasteiger partial charge in [-0.1, -0.05) is 11.6 Å². The van der Waals surface area contributed by atoms with E-state index in [9.17, 15) is 23.1 Å². The largest absolute Gasteiger partial charge is 0.507 e. The number of carbonyl (C=O) groups excluding carboxylic acids is 1. The number of halogens is 4. The van der Waals surface area contributed by atoms with Crippen LogP contribution >= 0.6 is 11.6 Å². The van der Waals surface area contributed by atoms with Gasteiger partial charge in [-0.3, -0.25) is 4.79 Å². The topological polar surface area (TPSA) is 78.9 Å². The molecule has 0 atom stereocenters. The Hall–Kier alpha value is -2.09. The van der Waals surface area contributed by atoms with Crippen LogP contribution in [0.4, 0.5) is 13.2 Å². The maximum atomic E-state index is 12.6. The van der Waals surface area contributed by atoms with Gasteiger partial charge in [0, 0.05) is 5.02 Å². The van der Waals surface area contributed by atoms with Gasteiger partial charge < -0.3 is 5.11 Å². The zero-order chi connectivity index (χ0) is 14.2. The van der Waals surface area contributed by atoms with E-state index in [4.69, 9.17) is 11.6 Å². The van der Waals surface area contributed by atoms with E-state index in [0.717, 1.165) is 12.1 Å². The maximum absolute atomic E-state index is 12.6. The van der Waals surface area contributed by atoms with E-state index in [1.165, 1.54) is 6.07 Å². The Morgan fingerprint density at radius 2 is 2.00 bits per heavy atom. The Labute approximate surface area is 109 Å². The van der Waals surface area contributed by atoms with Crippen molar-refractivity contribution >= 4 is 17.4 Å². The number of benzene rings is 1. The first-order valence-corrected chi connectivity index (χ1v) is 5.19. The molecule has 2 aromatic rings. The molecule has 0 saturated heterocycles. The van der Waals surface area contributed by atoms with Crippen LogP contribution in [-0.2, 0) is 6.18 Å². The average molecular weight is 292 g/mol. The summed E-state index contributed by atoms with van der Waals surface area (Å²) < 4.78 is 37.7. The van der Waals surface area contributed by atoms with Gasteiger partial charge in [0.15, 0.2) is 11.4 Å². The van der Waals surface area contributed by atoms with Crippen LogP contribution in [0.1, 0.15) is 21.7 Å². The Morgan fingerprint density at radius 3 is 2.63 bits per heavy atom. The molecule has 0 fully saturated rings. The van der Waals surface area contributed by atoms with Crippen molar-refractivity contribution in [3.05, 3.63) is 40.2 Å². The first kappa shape index (κ1) is 13.3. The first-order valence-electron chi connectivity index (χ1n) is 4.82. The van der Waals surface area contributed by atoms with Gasteiger partial charge in [0.1, 0.15) is 5.75 Å². The zero-order valence-electron chi connectivity index (χ0n) is 8.99. The number of rotatable bonds is 2. The van der Waals surface area contributed by atoms with Gasteiger partial charge in [0.05, 0.1) is 5.56 Å². The highest BCUT2D eigenvalue weighted by Gasteiger charge is 2.40. The molecule has 0 aliphatic heterocycles. The van der Waals surface area contributed by atoms with Crippen molar-refractivity contribution in [3.8, 4) is 5.75 Å². The summed E-state index contributed by atoms with van der Waals surface area (Å²) in [6.45, 7) is 0. The van der Waals surface area contributed by atoms with Crippen LogP contribution < -0.4 is 0 Å². The van der Waals surface area contributed by atoms with Crippen LogP contribution in [0.25, 0.3) is 0 Å². The van der Waals surface area contributed by atoms with Crippen molar-refractivity contribution in [1.82, 2.24) is 15.4 Å². The molecule has 0 aliphatic carbocycles. The summed E-state index contributed by atoms with van der Waals surface area (Å²) in [5.74, 6) is -1.62. The van der Waals surface area contributed by atoms with E-state index in [2.05, 4.69) is 10.2 Å². The van der Waals surface area contributed by atoms with Crippen LogP contribution in [0.3, 0.4) is 0 Å². The molecule has 1 heterocycles. The predicted molar refractivity (Wildman–Crippen MR) is 57.9 cm³/mol. The summed E-state index contributed by atoms with van der Waals surface area (Å²) in [5.41, 5.74) is -2.76. The maximum Gasteiger partial charge on any atom is 0.437 e. The van der Waals surface area contributed by atoms with E-state index < -0.39 is 29.1 Å². The number of alkyl halides is 3. The van der Waals surface area contributed by atoms with Crippen LogP contribution in [0.2, 0.25) is 5.02 Å². The lowest BCUT2D eigenvalue weighted by molar-refractivity contribution is -0.141. The van der Waals surface area contributed by atoms with Gasteiger partial charge in [-0.05, 0) is 18.2 Å². The molecule has 1 aromatic heterocycles. The molecule has 0 spiro atoms. The highest BCUT2D eigenvalue weighted by molar-refractivity contribution is 6.31. The highest BCUT2D eigenvalue weighted by Crippen LogP contribution is 2.31. The summed E-state index contributed by atoms with van der Waals surface area (Å²) in [6.07, 6.45) is -4.83. The number of nitrogens with zero attached hydrogens (tertiary/aromatic N) is 2. The molecular weight excluding hydrogens is 287 g/mol. The molecule has 0 unspecified atom stereocenters. The minimum Gasteiger partial charge on any atom is -0.507 e. The Balaban J connectivity index is 2.51. The summed E-state index contributed by atoms with van der Waals surface area (Å²) in [7, 11) is 0. The second-order valence-corrected chi connectivity index (χ2v) is 3.95. The molecule has 1 aromatic carbocycles. The fraction of sp³-hybridized carbons (Fsp3) is 0.100. The van der Waals surface area contributed by atoms with E-state index >= 15 is 0 Å². The number of ketones is 1. The number of aromatic amines is 1. The number of aromatic hydroxyl groups is 1. The third-order valence-corrected chi connectivity index (χ3v) is 2.47. The number of carbonyl (C=O) groups is 1. The van der Waals surface area contributed by atoms with Crippen LogP contribution in [0.5, 0.6) is 5.75 Å². The normalized spacial score (nSPS) is 11.6. The van der Waals surface area contributed by atoms with E-state index in [1.54, 1.807) is 5.21 Å². The summed E-state index contributed by atoms with van der Waals surface area (Å²) >= 11 is 5.62. The van der Waals surface area contributed by atoms with Crippen LogP contribution in [0.15, 0.2) is 18.2 Å². The average Bonchev–Trinajstić information content (AvgIpc) is 2.80. The molecule has 0 bridgehead atoms. The minimum atomic E-state index is -4.83. The van der Waals surface area contributed by atoms with Crippen molar-refractivity contribution < 1.29 is 23.1 Å². The number of hydrogen-bond donors (Lipinski definition) is 2. The Bertz CT molecular complexity index is 639. The first-order chi connectivity index (χ1) is 8.80. The van der Waals surface area contributed by atoms with Crippen molar-refractivity contribution in [2.45, 2.75) is 6.18 Å². The number of nitrogens with one attached hydrogen (secondary N) is 1. The molecule has 0 radical (unpaired) electrons. The van der Waals surface area contributed by atoms with Gasteiger partial charge in [-0.2, -0.15) is 28.6 Å². The van der Waals surface area contributed by atoms with Gasteiger partial charge in [0.25, 0.3) is 0 Å². The molecule has 0 saturated carbocycles. The van der Waals surface area contributed by atoms with Gasteiger partial charge >= 0.3 is 6.18 Å². The third kappa shape index (κ3) is 2.53. The lowest BCUT2D eigenvalue weighted by Crippen LogP contribution is -2.14. The molecule has 2 rings (SSSR count). The third-order valence-electron chi connectivity index (χ3n) is 2.23. The SMILES string of the molecule is O=C(c1cc(Cl)ccc1O)c1n[nH]nc1C(F)(F)F. The number of hydrogen-bond acceptors (Lipinski definition) is 4. The lowest BCUT2D eigenvalue weighted by Gasteiger charge is -2.05. The minimum absolute atomic E-state index is 0.0956. The van der Waals surface area contributed by atoms with Crippen LogP contribution in [-0.4, -0.2) is 26.3 Å². The smallest absolute Gasteiger partial charge is 0.437 e. The summed E-state index contributed by atoms with van der Waals surface area (Å²) in [6, 6.07) is 3.44. The second-order valence-electron chi connectivity index (χ2n) is 3.51. The van der Waals surface area contributed by atoms with E-state index in [1.807, 2.05) is 0 Å². The molecule has 0 amide bonds. The van der Waals surface area contributed by atoms with Crippen LogP contribution in [0, 0.1) is 0 Å². The van der Waals surface area contributed by atoms with Crippen molar-refractivity contribution in [3.63, 3.8) is 0 Å². The van der Waals surface area contributed by atoms with E-state index in [-0.39, 0.29) is 10.6 Å². The quantitative estimate of drug-likeness (QED) is 0.833. The predicted octanol–water partition coefficient (Wildman–Crippen LogP) is 2.41. The highest BCUT2D eigenvalue weighted by atomic mass is 35.5. The molecule has 0 aliphatic rings. The fourth-order valence-corrected chi connectivity index (χ4v) is 1.58. The molecule has 19 heavy (non-hydrogen) atoms. The standard InChI is InChI=1S/C10H5ClF3N3O2/c11-4-1-2-6(18)5(3-4)8(19)7-9(10(12,13)14)16-17-15-7/h1-3,18H,(H,15,16,17). The molecule has 2 N–H and O–H groups in total. The number of aromatic nitrogens is 3. The molecule has 9 heteroatoms.